The van der Waals surface area contributed by atoms with E-state index in [1.54, 1.807) is 7.11 Å². The van der Waals surface area contributed by atoms with Gasteiger partial charge in [-0.05, 0) is 48.6 Å². The SMILES string of the molecule is CCOCCCNC(=NCc1ccc(OC)cc1)NCC(=O)N1CCc2ccccc2C1.I. The zero-order chi connectivity index (χ0) is 22.6. The molecule has 3 rings (SSSR count). The van der Waals surface area contributed by atoms with Gasteiger partial charge in [-0.3, -0.25) is 4.79 Å². The zero-order valence-electron chi connectivity index (χ0n) is 19.5. The molecule has 0 atom stereocenters. The molecule has 1 amide bonds. The Kier molecular flexibility index (Phi) is 12.0. The fourth-order valence-electron chi connectivity index (χ4n) is 3.58. The molecule has 0 bridgehead atoms. The standard InChI is InChI=1S/C25H34N4O3.HI/c1-3-32-16-6-14-26-25(27-17-20-9-11-23(31-2)12-10-20)28-18-24(30)29-15-13-21-7-4-5-8-22(21)19-29;/h4-5,7-12H,3,6,13-19H2,1-2H3,(H2,26,27,28);1H. The number of fused-ring (bicyclic) bond motifs is 1. The van der Waals surface area contributed by atoms with E-state index in [1.165, 1.54) is 11.1 Å². The number of amides is 1. The summed E-state index contributed by atoms with van der Waals surface area (Å²) >= 11 is 0. The molecule has 0 spiro atoms. The van der Waals surface area contributed by atoms with Crippen LogP contribution in [-0.2, 0) is 29.0 Å². The molecule has 1 heterocycles. The molecule has 0 unspecified atom stereocenters. The Morgan fingerprint density at radius 3 is 2.58 bits per heavy atom. The number of hydrogen-bond donors (Lipinski definition) is 2. The number of aliphatic imine (C=N–C) groups is 1. The van der Waals surface area contributed by atoms with Gasteiger partial charge in [0.15, 0.2) is 5.96 Å². The summed E-state index contributed by atoms with van der Waals surface area (Å²) in [6, 6.07) is 16.2. The zero-order valence-corrected chi connectivity index (χ0v) is 21.8. The first-order valence-electron chi connectivity index (χ1n) is 11.3. The number of hydrogen-bond acceptors (Lipinski definition) is 4. The van der Waals surface area contributed by atoms with Gasteiger partial charge >= 0.3 is 0 Å². The van der Waals surface area contributed by atoms with Gasteiger partial charge in [0.2, 0.25) is 5.91 Å². The van der Waals surface area contributed by atoms with Gasteiger partial charge in [-0.25, -0.2) is 4.99 Å². The van der Waals surface area contributed by atoms with E-state index >= 15 is 0 Å². The van der Waals surface area contributed by atoms with Crippen molar-refractivity contribution in [2.24, 2.45) is 4.99 Å². The maximum absolute atomic E-state index is 12.8. The van der Waals surface area contributed by atoms with Gasteiger partial charge in [-0.1, -0.05) is 36.4 Å². The second kappa shape index (κ2) is 14.7. The minimum atomic E-state index is 0. The second-order valence-corrected chi connectivity index (χ2v) is 7.68. The van der Waals surface area contributed by atoms with Gasteiger partial charge in [0.1, 0.15) is 5.75 Å². The van der Waals surface area contributed by atoms with Crippen molar-refractivity contribution in [1.82, 2.24) is 15.5 Å². The molecule has 0 saturated carbocycles. The predicted octanol–water partition coefficient (Wildman–Crippen LogP) is 3.36. The number of methoxy groups -OCH3 is 1. The number of guanidine groups is 1. The Bertz CT molecular complexity index is 889. The summed E-state index contributed by atoms with van der Waals surface area (Å²) in [5, 5.41) is 6.52. The van der Waals surface area contributed by atoms with Crippen molar-refractivity contribution in [3.63, 3.8) is 0 Å². The van der Waals surface area contributed by atoms with Crippen LogP contribution in [0.2, 0.25) is 0 Å². The van der Waals surface area contributed by atoms with E-state index in [4.69, 9.17) is 9.47 Å². The van der Waals surface area contributed by atoms with Crippen molar-refractivity contribution in [2.45, 2.75) is 32.9 Å². The molecule has 2 aromatic rings. The maximum Gasteiger partial charge on any atom is 0.242 e. The second-order valence-electron chi connectivity index (χ2n) is 7.68. The number of nitrogens with one attached hydrogen (secondary N) is 2. The predicted molar refractivity (Wildman–Crippen MR) is 142 cm³/mol. The van der Waals surface area contributed by atoms with Gasteiger partial charge < -0.3 is 25.0 Å². The lowest BCUT2D eigenvalue weighted by Crippen LogP contribution is -2.46. The van der Waals surface area contributed by atoms with Crippen LogP contribution in [0.5, 0.6) is 5.75 Å². The summed E-state index contributed by atoms with van der Waals surface area (Å²) in [4.78, 5) is 19.4. The quantitative estimate of drug-likeness (QED) is 0.200. The average molecular weight is 566 g/mol. The fourth-order valence-corrected chi connectivity index (χ4v) is 3.58. The molecule has 0 fully saturated rings. The molecule has 0 aliphatic carbocycles. The number of rotatable bonds is 10. The Morgan fingerprint density at radius 2 is 1.85 bits per heavy atom. The highest BCUT2D eigenvalue weighted by atomic mass is 127. The normalized spacial score (nSPS) is 13.0. The number of carbonyl (C=O) groups excluding carboxylic acids is 1. The number of nitrogens with zero attached hydrogens (tertiary/aromatic N) is 2. The molecule has 33 heavy (non-hydrogen) atoms. The van der Waals surface area contributed by atoms with E-state index in [1.807, 2.05) is 42.2 Å². The van der Waals surface area contributed by atoms with E-state index < -0.39 is 0 Å². The summed E-state index contributed by atoms with van der Waals surface area (Å²) in [5.74, 6) is 1.52. The van der Waals surface area contributed by atoms with Crippen molar-refractivity contribution in [2.75, 3.05) is 40.0 Å². The molecule has 2 aromatic carbocycles. The van der Waals surface area contributed by atoms with Crippen molar-refractivity contribution in [1.29, 1.82) is 0 Å². The fraction of sp³-hybridized carbons (Fsp3) is 0.440. The summed E-state index contributed by atoms with van der Waals surface area (Å²) in [6.07, 6.45) is 1.77. The minimum absolute atomic E-state index is 0. The van der Waals surface area contributed by atoms with Crippen LogP contribution in [0, 0.1) is 0 Å². The van der Waals surface area contributed by atoms with Gasteiger partial charge in [0.05, 0.1) is 20.2 Å². The first-order valence-corrected chi connectivity index (χ1v) is 11.3. The van der Waals surface area contributed by atoms with Crippen molar-refractivity contribution >= 4 is 35.8 Å². The van der Waals surface area contributed by atoms with E-state index in [0.717, 1.165) is 37.2 Å². The van der Waals surface area contributed by atoms with Crippen molar-refractivity contribution < 1.29 is 14.3 Å². The molecular weight excluding hydrogens is 531 g/mol. The number of carbonyl (C=O) groups is 1. The summed E-state index contributed by atoms with van der Waals surface area (Å²) in [6.45, 7) is 6.25. The van der Waals surface area contributed by atoms with Gasteiger partial charge in [0, 0.05) is 32.8 Å². The van der Waals surface area contributed by atoms with Crippen LogP contribution in [-0.4, -0.2) is 56.7 Å². The summed E-state index contributed by atoms with van der Waals surface area (Å²) in [5.41, 5.74) is 3.64. The third-order valence-electron chi connectivity index (χ3n) is 5.43. The molecular formula is C25H35IN4O3. The van der Waals surface area contributed by atoms with Crippen LogP contribution in [0.3, 0.4) is 0 Å². The third kappa shape index (κ3) is 8.85. The smallest absolute Gasteiger partial charge is 0.242 e. The lowest BCUT2D eigenvalue weighted by molar-refractivity contribution is -0.130. The molecule has 1 aliphatic rings. The number of benzene rings is 2. The summed E-state index contributed by atoms with van der Waals surface area (Å²) in [7, 11) is 1.65. The largest absolute Gasteiger partial charge is 0.497 e. The summed E-state index contributed by atoms with van der Waals surface area (Å²) < 4.78 is 10.6. The first-order chi connectivity index (χ1) is 15.7. The van der Waals surface area contributed by atoms with Gasteiger partial charge in [-0.15, -0.1) is 24.0 Å². The van der Waals surface area contributed by atoms with Crippen LogP contribution in [0.15, 0.2) is 53.5 Å². The van der Waals surface area contributed by atoms with E-state index in [0.29, 0.717) is 32.3 Å². The number of halogens is 1. The highest BCUT2D eigenvalue weighted by Gasteiger charge is 2.20. The molecule has 1 aliphatic heterocycles. The van der Waals surface area contributed by atoms with Crippen LogP contribution in [0.25, 0.3) is 0 Å². The molecule has 180 valence electrons. The Hall–Kier alpha value is -2.33. The third-order valence-corrected chi connectivity index (χ3v) is 5.43. The lowest BCUT2D eigenvalue weighted by atomic mass is 10.00. The van der Waals surface area contributed by atoms with E-state index in [-0.39, 0.29) is 36.4 Å². The van der Waals surface area contributed by atoms with Crippen LogP contribution < -0.4 is 15.4 Å². The minimum Gasteiger partial charge on any atom is -0.497 e. The van der Waals surface area contributed by atoms with Crippen molar-refractivity contribution in [3.8, 4) is 5.75 Å². The highest BCUT2D eigenvalue weighted by Crippen LogP contribution is 2.18. The molecule has 8 heteroatoms. The monoisotopic (exact) mass is 566 g/mol. The van der Waals surface area contributed by atoms with Gasteiger partial charge in [-0.2, -0.15) is 0 Å². The molecule has 2 N–H and O–H groups in total. The van der Waals surface area contributed by atoms with Crippen LogP contribution in [0.1, 0.15) is 30.0 Å². The Balaban J connectivity index is 0.00000385. The van der Waals surface area contributed by atoms with Crippen molar-refractivity contribution in [3.05, 3.63) is 65.2 Å². The van der Waals surface area contributed by atoms with Crippen LogP contribution in [0.4, 0.5) is 0 Å². The maximum atomic E-state index is 12.8. The average Bonchev–Trinajstić information content (AvgIpc) is 2.84. The van der Waals surface area contributed by atoms with E-state index in [9.17, 15) is 4.79 Å². The Morgan fingerprint density at radius 1 is 1.09 bits per heavy atom. The first kappa shape index (κ1) is 26.9. The lowest BCUT2D eigenvalue weighted by Gasteiger charge is -2.29. The highest BCUT2D eigenvalue weighted by molar-refractivity contribution is 14.0. The van der Waals surface area contributed by atoms with E-state index in [2.05, 4.69) is 33.8 Å². The Labute approximate surface area is 214 Å². The van der Waals surface area contributed by atoms with Crippen LogP contribution >= 0.6 is 24.0 Å². The topological polar surface area (TPSA) is 75.2 Å². The molecule has 7 nitrogen and oxygen atoms in total. The van der Waals surface area contributed by atoms with Gasteiger partial charge in [0.25, 0.3) is 0 Å². The number of ether oxygens (including phenoxy) is 2. The molecule has 0 aromatic heterocycles. The molecule has 0 radical (unpaired) electrons. The molecule has 0 saturated heterocycles.